The van der Waals surface area contributed by atoms with Crippen molar-refractivity contribution in [1.82, 2.24) is 14.7 Å². The van der Waals surface area contributed by atoms with E-state index >= 15 is 0 Å². The highest BCUT2D eigenvalue weighted by atomic mass is 35.5. The average molecular weight is 391 g/mol. The quantitative estimate of drug-likeness (QED) is 0.722. The molecular formula is C18H19ClN4O4. The molecule has 1 saturated heterocycles. The monoisotopic (exact) mass is 390 g/mol. The molecule has 0 atom stereocenters. The number of halogens is 1. The number of aromatic nitrogens is 2. The van der Waals surface area contributed by atoms with Gasteiger partial charge in [0.25, 0.3) is 11.5 Å². The number of nitrogens with zero attached hydrogens (tertiary/aromatic N) is 4. The second-order valence-corrected chi connectivity index (χ2v) is 6.54. The lowest BCUT2D eigenvalue weighted by molar-refractivity contribution is -0.134. The van der Waals surface area contributed by atoms with Gasteiger partial charge >= 0.3 is 5.97 Å². The molecule has 142 valence electrons. The van der Waals surface area contributed by atoms with Gasteiger partial charge in [0.05, 0.1) is 0 Å². The van der Waals surface area contributed by atoms with Gasteiger partial charge in [-0.2, -0.15) is 5.10 Å². The summed E-state index contributed by atoms with van der Waals surface area (Å²) in [4.78, 5) is 39.4. The molecule has 1 aromatic heterocycles. The first kappa shape index (κ1) is 18.9. The molecule has 8 nitrogen and oxygen atoms in total. The van der Waals surface area contributed by atoms with E-state index < -0.39 is 5.97 Å². The molecule has 9 heteroatoms. The van der Waals surface area contributed by atoms with Crippen molar-refractivity contribution in [3.05, 3.63) is 57.5 Å². The van der Waals surface area contributed by atoms with Crippen LogP contribution >= 0.6 is 11.6 Å². The molecule has 1 aliphatic heterocycles. The van der Waals surface area contributed by atoms with E-state index in [1.165, 1.54) is 19.2 Å². The zero-order chi connectivity index (χ0) is 19.4. The lowest BCUT2D eigenvalue weighted by Crippen LogP contribution is -2.49. The number of ether oxygens (including phenoxy) is 1. The Labute approximate surface area is 160 Å². The first-order chi connectivity index (χ1) is 12.9. The molecular weight excluding hydrogens is 372 g/mol. The van der Waals surface area contributed by atoms with Gasteiger partial charge in [-0.05, 0) is 24.3 Å². The minimum absolute atomic E-state index is 0.0179. The number of aryl methyl sites for hydroxylation is 1. The maximum absolute atomic E-state index is 12.3. The summed E-state index contributed by atoms with van der Waals surface area (Å²) in [6.45, 7) is 2.03. The van der Waals surface area contributed by atoms with Crippen LogP contribution < -0.4 is 10.5 Å². The Bertz CT molecular complexity index is 906. The van der Waals surface area contributed by atoms with E-state index in [9.17, 15) is 14.4 Å². The summed E-state index contributed by atoms with van der Waals surface area (Å²) in [7, 11) is 1.43. The maximum atomic E-state index is 12.3. The lowest BCUT2D eigenvalue weighted by atomic mass is 10.2. The number of hydrogen-bond donors (Lipinski definition) is 0. The van der Waals surface area contributed by atoms with E-state index in [1.807, 2.05) is 24.3 Å². The fourth-order valence-corrected chi connectivity index (χ4v) is 2.98. The van der Waals surface area contributed by atoms with Crippen LogP contribution in [0.15, 0.2) is 41.2 Å². The number of benzene rings is 1. The third-order valence-electron chi connectivity index (χ3n) is 4.30. The molecule has 1 aromatic carbocycles. The van der Waals surface area contributed by atoms with Crippen molar-refractivity contribution < 1.29 is 14.3 Å². The van der Waals surface area contributed by atoms with Gasteiger partial charge in [-0.1, -0.05) is 17.7 Å². The van der Waals surface area contributed by atoms with Crippen LogP contribution in [0.2, 0.25) is 5.02 Å². The summed E-state index contributed by atoms with van der Waals surface area (Å²) in [6.07, 6.45) is 0. The summed E-state index contributed by atoms with van der Waals surface area (Å²) in [6, 6.07) is 10.1. The van der Waals surface area contributed by atoms with Crippen molar-refractivity contribution in [1.29, 1.82) is 0 Å². The third-order valence-corrected chi connectivity index (χ3v) is 4.54. The predicted molar refractivity (Wildman–Crippen MR) is 100 cm³/mol. The number of carbonyl (C=O) groups excluding carboxylic acids is 2. The van der Waals surface area contributed by atoms with Crippen molar-refractivity contribution in [2.75, 3.05) is 37.7 Å². The predicted octanol–water partition coefficient (Wildman–Crippen LogP) is 0.939. The Balaban J connectivity index is 1.50. The molecule has 0 unspecified atom stereocenters. The van der Waals surface area contributed by atoms with E-state index in [4.69, 9.17) is 16.3 Å². The van der Waals surface area contributed by atoms with Gasteiger partial charge in [-0.25, -0.2) is 9.48 Å². The number of hydrogen-bond acceptors (Lipinski definition) is 6. The van der Waals surface area contributed by atoms with Crippen molar-refractivity contribution in [2.24, 2.45) is 7.05 Å². The van der Waals surface area contributed by atoms with E-state index in [0.717, 1.165) is 10.4 Å². The molecule has 1 fully saturated rings. The van der Waals surface area contributed by atoms with Crippen LogP contribution in [0, 0.1) is 0 Å². The third kappa shape index (κ3) is 4.65. The van der Waals surface area contributed by atoms with E-state index in [2.05, 4.69) is 10.00 Å². The Hall–Kier alpha value is -2.87. The van der Waals surface area contributed by atoms with Gasteiger partial charge in [0, 0.05) is 50.0 Å². The van der Waals surface area contributed by atoms with E-state index in [1.54, 1.807) is 4.90 Å². The Kier molecular flexibility index (Phi) is 5.75. The van der Waals surface area contributed by atoms with Crippen molar-refractivity contribution in [3.63, 3.8) is 0 Å². The highest BCUT2D eigenvalue weighted by molar-refractivity contribution is 6.30. The number of esters is 1. The summed E-state index contributed by atoms with van der Waals surface area (Å²) in [5.74, 6) is -1.00. The standard InChI is InChI=1S/C18H19ClN4O4/c1-21-16(24)6-5-15(20-21)18(26)27-12-17(25)23-9-7-22(8-10-23)14-4-2-3-13(19)11-14/h2-6,11H,7-10,12H2,1H3. The van der Waals surface area contributed by atoms with Crippen LogP contribution in [0.4, 0.5) is 5.69 Å². The number of amides is 1. The number of piperazine rings is 1. The zero-order valence-electron chi connectivity index (χ0n) is 14.8. The first-order valence-corrected chi connectivity index (χ1v) is 8.81. The van der Waals surface area contributed by atoms with Crippen molar-refractivity contribution in [3.8, 4) is 0 Å². The molecule has 2 heterocycles. The maximum Gasteiger partial charge on any atom is 0.359 e. The second-order valence-electron chi connectivity index (χ2n) is 6.10. The number of rotatable bonds is 4. The summed E-state index contributed by atoms with van der Waals surface area (Å²) in [5.41, 5.74) is 0.665. The van der Waals surface area contributed by atoms with Gasteiger partial charge in [0.1, 0.15) is 0 Å². The van der Waals surface area contributed by atoms with Gasteiger partial charge in [0.15, 0.2) is 12.3 Å². The fraction of sp³-hybridized carbons (Fsp3) is 0.333. The molecule has 3 rings (SSSR count). The van der Waals surface area contributed by atoms with Crippen molar-refractivity contribution >= 4 is 29.2 Å². The lowest BCUT2D eigenvalue weighted by Gasteiger charge is -2.36. The molecule has 0 spiro atoms. The van der Waals surface area contributed by atoms with Crippen LogP contribution in [-0.4, -0.2) is 59.3 Å². The van der Waals surface area contributed by atoms with Crippen LogP contribution in [-0.2, 0) is 16.6 Å². The molecule has 1 aliphatic rings. The molecule has 0 radical (unpaired) electrons. The highest BCUT2D eigenvalue weighted by Gasteiger charge is 2.23. The van der Waals surface area contributed by atoms with E-state index in [-0.39, 0.29) is 23.8 Å². The summed E-state index contributed by atoms with van der Waals surface area (Å²) in [5, 5.41) is 4.47. The minimum Gasteiger partial charge on any atom is -0.451 e. The van der Waals surface area contributed by atoms with Crippen molar-refractivity contribution in [2.45, 2.75) is 0 Å². The van der Waals surface area contributed by atoms with Gasteiger partial charge in [0.2, 0.25) is 0 Å². The number of anilines is 1. The largest absolute Gasteiger partial charge is 0.451 e. The van der Waals surface area contributed by atoms with Crippen LogP contribution in [0.3, 0.4) is 0 Å². The SMILES string of the molecule is Cn1nc(C(=O)OCC(=O)N2CCN(c3cccc(Cl)c3)CC2)ccc1=O. The van der Waals surface area contributed by atoms with Gasteiger partial charge in [-0.15, -0.1) is 0 Å². The summed E-state index contributed by atoms with van der Waals surface area (Å²) >= 11 is 6.02. The van der Waals surface area contributed by atoms with E-state index in [0.29, 0.717) is 31.2 Å². The molecule has 27 heavy (non-hydrogen) atoms. The second kappa shape index (κ2) is 8.22. The minimum atomic E-state index is -0.739. The van der Waals surface area contributed by atoms with Gasteiger partial charge in [-0.3, -0.25) is 9.59 Å². The van der Waals surface area contributed by atoms with Crippen LogP contribution in [0.1, 0.15) is 10.5 Å². The van der Waals surface area contributed by atoms with Gasteiger partial charge < -0.3 is 14.5 Å². The molecule has 0 bridgehead atoms. The van der Waals surface area contributed by atoms with Crippen LogP contribution in [0.25, 0.3) is 0 Å². The molecule has 0 N–H and O–H groups in total. The average Bonchev–Trinajstić information content (AvgIpc) is 2.68. The Morgan fingerprint density at radius 2 is 1.89 bits per heavy atom. The first-order valence-electron chi connectivity index (χ1n) is 8.44. The Morgan fingerprint density at radius 1 is 1.15 bits per heavy atom. The normalized spacial score (nSPS) is 14.1. The zero-order valence-corrected chi connectivity index (χ0v) is 15.6. The Morgan fingerprint density at radius 3 is 2.56 bits per heavy atom. The molecule has 2 aromatic rings. The smallest absolute Gasteiger partial charge is 0.359 e. The molecule has 0 saturated carbocycles. The van der Waals surface area contributed by atoms with Crippen LogP contribution in [0.5, 0.6) is 0 Å². The number of carbonyl (C=O) groups is 2. The molecule has 1 amide bonds. The summed E-state index contributed by atoms with van der Waals surface area (Å²) < 4.78 is 6.06. The topological polar surface area (TPSA) is 84.7 Å². The highest BCUT2D eigenvalue weighted by Crippen LogP contribution is 2.20. The fourth-order valence-electron chi connectivity index (χ4n) is 2.79. The molecule has 0 aliphatic carbocycles.